The number of hydrogen-bond donors (Lipinski definition) is 1. The Morgan fingerprint density at radius 3 is 2.73 bits per heavy atom. The first-order chi connectivity index (χ1) is 12.5. The van der Waals surface area contributed by atoms with Gasteiger partial charge in [0.05, 0.1) is 16.7 Å². The first-order valence-electron chi connectivity index (χ1n) is 7.74. The minimum atomic E-state index is -0.716. The van der Waals surface area contributed by atoms with Crippen molar-refractivity contribution in [2.75, 3.05) is 16.0 Å². The van der Waals surface area contributed by atoms with Crippen LogP contribution in [-0.2, 0) is 14.4 Å². The number of para-hydroxylation sites is 1. The van der Waals surface area contributed by atoms with Crippen LogP contribution in [0, 0.1) is 5.82 Å². The van der Waals surface area contributed by atoms with Crippen molar-refractivity contribution in [3.05, 3.63) is 59.4 Å². The second-order valence-corrected chi connectivity index (χ2v) is 7.21. The van der Waals surface area contributed by atoms with E-state index in [1.54, 1.807) is 30.3 Å². The zero-order valence-electron chi connectivity index (χ0n) is 13.4. The predicted molar refractivity (Wildman–Crippen MR) is 99.8 cm³/mol. The van der Waals surface area contributed by atoms with Crippen LogP contribution in [0.3, 0.4) is 0 Å². The van der Waals surface area contributed by atoms with Crippen molar-refractivity contribution < 1.29 is 18.8 Å². The largest absolute Gasteiger partial charge is 0.325 e. The summed E-state index contributed by atoms with van der Waals surface area (Å²) in [5.41, 5.74) is 0.485. The van der Waals surface area contributed by atoms with Crippen LogP contribution in [0.4, 0.5) is 15.8 Å². The maximum atomic E-state index is 13.9. The Labute approximate surface area is 158 Å². The van der Waals surface area contributed by atoms with Gasteiger partial charge in [0, 0.05) is 17.1 Å². The minimum Gasteiger partial charge on any atom is -0.325 e. The molecule has 26 heavy (non-hydrogen) atoms. The summed E-state index contributed by atoms with van der Waals surface area (Å²) in [5.74, 6) is -1.96. The van der Waals surface area contributed by atoms with E-state index in [0.717, 1.165) is 16.7 Å². The van der Waals surface area contributed by atoms with Gasteiger partial charge in [-0.2, -0.15) is 0 Å². The van der Waals surface area contributed by atoms with Gasteiger partial charge in [-0.15, -0.1) is 11.8 Å². The van der Waals surface area contributed by atoms with Crippen molar-refractivity contribution in [1.82, 2.24) is 0 Å². The average molecular weight is 393 g/mol. The topological polar surface area (TPSA) is 66.5 Å². The molecular formula is C18H14ClFN2O3S. The van der Waals surface area contributed by atoms with Crippen LogP contribution in [-0.4, -0.2) is 28.7 Å². The number of halogens is 2. The maximum Gasteiger partial charge on any atom is 0.247 e. The molecule has 0 bridgehead atoms. The number of rotatable bonds is 5. The molecule has 3 amide bonds. The molecule has 1 aliphatic rings. The highest BCUT2D eigenvalue weighted by Gasteiger charge is 2.41. The third-order valence-corrected chi connectivity index (χ3v) is 5.16. The van der Waals surface area contributed by atoms with Crippen molar-refractivity contribution >= 4 is 52.5 Å². The van der Waals surface area contributed by atoms with Gasteiger partial charge >= 0.3 is 0 Å². The second-order valence-electron chi connectivity index (χ2n) is 5.58. The average Bonchev–Trinajstić information content (AvgIpc) is 2.87. The third-order valence-electron chi connectivity index (χ3n) is 3.72. The van der Waals surface area contributed by atoms with Crippen molar-refractivity contribution in [3.63, 3.8) is 0 Å². The summed E-state index contributed by atoms with van der Waals surface area (Å²) >= 11 is 6.91. The molecule has 0 radical (unpaired) electrons. The monoisotopic (exact) mass is 392 g/mol. The lowest BCUT2D eigenvalue weighted by atomic mass is 10.3. The van der Waals surface area contributed by atoms with Crippen LogP contribution in [0.25, 0.3) is 0 Å². The third kappa shape index (κ3) is 4.05. The number of imide groups is 1. The first-order valence-corrected chi connectivity index (χ1v) is 9.17. The second kappa shape index (κ2) is 7.88. The Hall–Kier alpha value is -2.38. The Bertz CT molecular complexity index is 877. The zero-order chi connectivity index (χ0) is 18.7. The maximum absolute atomic E-state index is 13.9. The van der Waals surface area contributed by atoms with E-state index in [0.29, 0.717) is 10.7 Å². The lowest BCUT2D eigenvalue weighted by Crippen LogP contribution is -2.32. The van der Waals surface area contributed by atoms with Gasteiger partial charge in [0.15, 0.2) is 0 Å². The van der Waals surface area contributed by atoms with E-state index in [9.17, 15) is 18.8 Å². The number of thioether (sulfide) groups is 1. The minimum absolute atomic E-state index is 0.0126. The van der Waals surface area contributed by atoms with Crippen LogP contribution in [0.1, 0.15) is 6.42 Å². The zero-order valence-corrected chi connectivity index (χ0v) is 15.0. The number of carbonyl (C=O) groups is 3. The summed E-state index contributed by atoms with van der Waals surface area (Å²) in [5, 5.41) is 2.45. The molecule has 1 fully saturated rings. The van der Waals surface area contributed by atoms with Gasteiger partial charge in [-0.3, -0.25) is 14.4 Å². The molecule has 8 heteroatoms. The van der Waals surface area contributed by atoms with Gasteiger partial charge in [-0.1, -0.05) is 29.8 Å². The number of nitrogens with zero attached hydrogens (tertiary/aromatic N) is 1. The fourth-order valence-electron chi connectivity index (χ4n) is 2.56. The molecule has 2 aromatic rings. The Morgan fingerprint density at radius 2 is 2.00 bits per heavy atom. The van der Waals surface area contributed by atoms with Crippen LogP contribution < -0.4 is 10.2 Å². The Kier molecular flexibility index (Phi) is 5.58. The van der Waals surface area contributed by atoms with Crippen molar-refractivity contribution in [3.8, 4) is 0 Å². The SMILES string of the molecule is O=C(CSC1CC(=O)N(c2ccccc2F)C1=O)Nc1cccc(Cl)c1. The van der Waals surface area contributed by atoms with Crippen LogP contribution in [0.5, 0.6) is 0 Å². The molecular weight excluding hydrogens is 379 g/mol. The van der Waals surface area contributed by atoms with Gasteiger partial charge in [0.25, 0.3) is 0 Å². The number of anilines is 2. The molecule has 5 nitrogen and oxygen atoms in total. The predicted octanol–water partition coefficient (Wildman–Crippen LogP) is 3.48. The molecule has 0 saturated carbocycles. The van der Waals surface area contributed by atoms with E-state index in [-0.39, 0.29) is 23.8 Å². The number of nitrogens with one attached hydrogen (secondary N) is 1. The molecule has 3 rings (SSSR count). The van der Waals surface area contributed by atoms with Crippen LogP contribution in [0.2, 0.25) is 5.02 Å². The summed E-state index contributed by atoms with van der Waals surface area (Å²) in [6, 6.07) is 12.3. The van der Waals surface area contributed by atoms with E-state index in [4.69, 9.17) is 11.6 Å². The fraction of sp³-hybridized carbons (Fsp3) is 0.167. The molecule has 1 aliphatic heterocycles. The van der Waals surface area contributed by atoms with Crippen LogP contribution >= 0.6 is 23.4 Å². The highest BCUT2D eigenvalue weighted by atomic mass is 35.5. The lowest BCUT2D eigenvalue weighted by molar-refractivity contribution is -0.121. The molecule has 1 atom stereocenters. The van der Waals surface area contributed by atoms with E-state index >= 15 is 0 Å². The smallest absolute Gasteiger partial charge is 0.247 e. The molecule has 1 saturated heterocycles. The summed E-state index contributed by atoms with van der Waals surface area (Å²) in [6.45, 7) is 0. The number of hydrogen-bond acceptors (Lipinski definition) is 4. The number of carbonyl (C=O) groups excluding carboxylic acids is 3. The number of benzene rings is 2. The molecule has 0 spiro atoms. The molecule has 0 aromatic heterocycles. The van der Waals surface area contributed by atoms with E-state index in [1.807, 2.05) is 0 Å². The normalized spacial score (nSPS) is 16.8. The molecule has 1 N–H and O–H groups in total. The molecule has 1 unspecified atom stereocenters. The van der Waals surface area contributed by atoms with Gasteiger partial charge in [0.1, 0.15) is 5.82 Å². The summed E-state index contributed by atoms with van der Waals surface area (Å²) in [7, 11) is 0. The van der Waals surface area contributed by atoms with Gasteiger partial charge in [0.2, 0.25) is 17.7 Å². The van der Waals surface area contributed by atoms with Gasteiger partial charge < -0.3 is 5.32 Å². The molecule has 1 heterocycles. The lowest BCUT2D eigenvalue weighted by Gasteiger charge is -2.15. The van der Waals surface area contributed by atoms with Crippen molar-refractivity contribution in [1.29, 1.82) is 0 Å². The highest BCUT2D eigenvalue weighted by Crippen LogP contribution is 2.31. The summed E-state index contributed by atoms with van der Waals surface area (Å²) < 4.78 is 13.9. The summed E-state index contributed by atoms with van der Waals surface area (Å²) in [6.07, 6.45) is -0.0672. The van der Waals surface area contributed by atoms with E-state index < -0.39 is 22.9 Å². The Balaban J connectivity index is 1.61. The van der Waals surface area contributed by atoms with Gasteiger partial charge in [-0.25, -0.2) is 9.29 Å². The van der Waals surface area contributed by atoms with Gasteiger partial charge in [-0.05, 0) is 30.3 Å². The van der Waals surface area contributed by atoms with Crippen molar-refractivity contribution in [2.45, 2.75) is 11.7 Å². The standard InChI is InChI=1S/C18H14ClFN2O3S/c19-11-4-3-5-12(8-11)21-16(23)10-26-15-9-17(24)22(18(15)25)14-7-2-1-6-13(14)20/h1-8,15H,9-10H2,(H,21,23). The highest BCUT2D eigenvalue weighted by molar-refractivity contribution is 8.01. The van der Waals surface area contributed by atoms with E-state index in [1.165, 1.54) is 18.2 Å². The van der Waals surface area contributed by atoms with Crippen LogP contribution in [0.15, 0.2) is 48.5 Å². The number of amides is 3. The Morgan fingerprint density at radius 1 is 1.23 bits per heavy atom. The van der Waals surface area contributed by atoms with E-state index in [2.05, 4.69) is 5.32 Å². The molecule has 0 aliphatic carbocycles. The fourth-order valence-corrected chi connectivity index (χ4v) is 3.68. The quantitative estimate of drug-likeness (QED) is 0.791. The first kappa shape index (κ1) is 18.4. The molecule has 2 aromatic carbocycles. The van der Waals surface area contributed by atoms with Crippen molar-refractivity contribution in [2.24, 2.45) is 0 Å². The summed E-state index contributed by atoms with van der Waals surface area (Å²) in [4.78, 5) is 37.5. The molecule has 134 valence electrons.